The van der Waals surface area contributed by atoms with Gasteiger partial charge in [0.1, 0.15) is 5.69 Å². The van der Waals surface area contributed by atoms with Crippen molar-refractivity contribution in [2.75, 3.05) is 5.32 Å². The van der Waals surface area contributed by atoms with Crippen LogP contribution in [0.2, 0.25) is 0 Å². The summed E-state index contributed by atoms with van der Waals surface area (Å²) < 4.78 is 0.857. The Morgan fingerprint density at radius 2 is 2.06 bits per heavy atom. The molecule has 0 radical (unpaired) electrons. The number of nitrogens with zero attached hydrogens (tertiary/aromatic N) is 1. The van der Waals surface area contributed by atoms with Gasteiger partial charge in [0.25, 0.3) is 5.91 Å². The van der Waals surface area contributed by atoms with E-state index in [-0.39, 0.29) is 5.91 Å². The summed E-state index contributed by atoms with van der Waals surface area (Å²) in [5, 5.41) is 2.86. The lowest BCUT2D eigenvalue weighted by atomic mass is 10.2. The maximum atomic E-state index is 12.1. The Bertz CT molecular complexity index is 596. The number of amides is 1. The Kier molecular flexibility index (Phi) is 3.77. The molecular weight excluding hydrogens is 292 g/mol. The molecule has 0 saturated heterocycles. The van der Waals surface area contributed by atoms with Gasteiger partial charge in [-0.1, -0.05) is 12.1 Å². The van der Waals surface area contributed by atoms with Gasteiger partial charge in [0.2, 0.25) is 0 Å². The fourth-order valence-electron chi connectivity index (χ4n) is 1.64. The third-order valence-corrected chi connectivity index (χ3v) is 3.29. The molecule has 0 fully saturated rings. The minimum atomic E-state index is -0.195. The normalized spacial score (nSPS) is 10.2. The molecule has 0 bridgehead atoms. The molecule has 0 aliphatic heterocycles. The highest BCUT2D eigenvalue weighted by molar-refractivity contribution is 9.10. The van der Waals surface area contributed by atoms with Crippen LogP contribution in [0.1, 0.15) is 21.6 Å². The second kappa shape index (κ2) is 5.31. The summed E-state index contributed by atoms with van der Waals surface area (Å²) in [5.74, 6) is -0.195. The highest BCUT2D eigenvalue weighted by atomic mass is 79.9. The summed E-state index contributed by atoms with van der Waals surface area (Å²) in [7, 11) is 0. The number of hydrogen-bond acceptors (Lipinski definition) is 2. The molecule has 1 aromatic heterocycles. The number of anilines is 1. The second-order valence-electron chi connectivity index (χ2n) is 4.11. The molecule has 0 atom stereocenters. The highest BCUT2D eigenvalue weighted by Crippen LogP contribution is 2.24. The molecule has 3 nitrogen and oxygen atoms in total. The highest BCUT2D eigenvalue weighted by Gasteiger charge is 2.11. The van der Waals surface area contributed by atoms with Gasteiger partial charge in [0.05, 0.1) is 5.69 Å². The molecule has 18 heavy (non-hydrogen) atoms. The summed E-state index contributed by atoms with van der Waals surface area (Å²) in [4.78, 5) is 16.2. The van der Waals surface area contributed by atoms with E-state index in [0.29, 0.717) is 5.69 Å². The summed E-state index contributed by atoms with van der Waals surface area (Å²) >= 11 is 3.41. The van der Waals surface area contributed by atoms with E-state index in [4.69, 9.17) is 0 Å². The lowest BCUT2D eigenvalue weighted by molar-refractivity contribution is 0.102. The second-order valence-corrected chi connectivity index (χ2v) is 4.96. The lowest BCUT2D eigenvalue weighted by Crippen LogP contribution is -2.15. The van der Waals surface area contributed by atoms with Crippen molar-refractivity contribution in [2.45, 2.75) is 13.8 Å². The van der Waals surface area contributed by atoms with Crippen LogP contribution in [0.5, 0.6) is 0 Å². The van der Waals surface area contributed by atoms with E-state index in [9.17, 15) is 4.79 Å². The van der Waals surface area contributed by atoms with E-state index in [0.717, 1.165) is 21.3 Å². The first-order chi connectivity index (χ1) is 8.58. The molecule has 1 N–H and O–H groups in total. The molecule has 2 rings (SSSR count). The molecule has 0 aliphatic rings. The van der Waals surface area contributed by atoms with E-state index < -0.39 is 0 Å². The van der Waals surface area contributed by atoms with Crippen LogP contribution in [-0.2, 0) is 0 Å². The molecule has 1 amide bonds. The van der Waals surface area contributed by atoms with E-state index in [2.05, 4.69) is 26.2 Å². The molecule has 1 heterocycles. The summed E-state index contributed by atoms with van der Waals surface area (Å²) in [6, 6.07) is 9.49. The van der Waals surface area contributed by atoms with Crippen LogP contribution in [0, 0.1) is 13.8 Å². The van der Waals surface area contributed by atoms with Gasteiger partial charge in [0, 0.05) is 10.7 Å². The number of aromatic nitrogens is 1. The van der Waals surface area contributed by atoms with Crippen molar-refractivity contribution in [1.29, 1.82) is 0 Å². The first-order valence-corrected chi connectivity index (χ1v) is 6.36. The van der Waals surface area contributed by atoms with Gasteiger partial charge in [-0.25, -0.2) is 0 Å². The number of nitrogens with one attached hydrogen (secondary N) is 1. The zero-order valence-electron chi connectivity index (χ0n) is 10.2. The predicted octanol–water partition coefficient (Wildman–Crippen LogP) is 3.71. The van der Waals surface area contributed by atoms with Crippen LogP contribution in [-0.4, -0.2) is 10.9 Å². The summed E-state index contributed by atoms with van der Waals surface area (Å²) in [5.41, 5.74) is 3.15. The minimum absolute atomic E-state index is 0.195. The Balaban J connectivity index is 2.27. The smallest absolute Gasteiger partial charge is 0.274 e. The lowest BCUT2D eigenvalue weighted by Gasteiger charge is -2.09. The van der Waals surface area contributed by atoms with Gasteiger partial charge in [0.15, 0.2) is 0 Å². The first-order valence-electron chi connectivity index (χ1n) is 5.57. The van der Waals surface area contributed by atoms with Gasteiger partial charge >= 0.3 is 0 Å². The predicted molar refractivity (Wildman–Crippen MR) is 75.8 cm³/mol. The van der Waals surface area contributed by atoms with Crippen LogP contribution in [0.3, 0.4) is 0 Å². The summed E-state index contributed by atoms with van der Waals surface area (Å²) in [6.07, 6.45) is 1.62. The Morgan fingerprint density at radius 3 is 2.78 bits per heavy atom. The van der Waals surface area contributed by atoms with Crippen molar-refractivity contribution in [2.24, 2.45) is 0 Å². The van der Waals surface area contributed by atoms with Crippen molar-refractivity contribution in [1.82, 2.24) is 4.98 Å². The van der Waals surface area contributed by atoms with Crippen molar-refractivity contribution < 1.29 is 4.79 Å². The van der Waals surface area contributed by atoms with Crippen molar-refractivity contribution >= 4 is 27.5 Å². The van der Waals surface area contributed by atoms with E-state index in [1.54, 1.807) is 6.20 Å². The monoisotopic (exact) mass is 304 g/mol. The molecule has 1 aromatic carbocycles. The van der Waals surface area contributed by atoms with Crippen LogP contribution in [0.15, 0.2) is 41.0 Å². The fraction of sp³-hybridized carbons (Fsp3) is 0.143. The molecule has 0 saturated carbocycles. The number of hydrogen-bond donors (Lipinski definition) is 1. The number of pyridine rings is 1. The third-order valence-electron chi connectivity index (χ3n) is 2.59. The number of rotatable bonds is 2. The zero-order chi connectivity index (χ0) is 13.1. The maximum absolute atomic E-state index is 12.1. The van der Waals surface area contributed by atoms with Gasteiger partial charge in [-0.2, -0.15) is 0 Å². The zero-order valence-corrected chi connectivity index (χ0v) is 11.8. The largest absolute Gasteiger partial charge is 0.320 e. The van der Waals surface area contributed by atoms with Crippen LogP contribution >= 0.6 is 15.9 Å². The number of carbonyl (C=O) groups is 1. The standard InChI is InChI=1S/C14H13BrN2O/c1-9-5-6-11(15)12(8-9)17-14(18)13-10(2)4-3-7-16-13/h3-8H,1-2H3,(H,17,18). The van der Waals surface area contributed by atoms with E-state index in [1.807, 2.05) is 44.2 Å². The van der Waals surface area contributed by atoms with Crippen LogP contribution in [0.4, 0.5) is 5.69 Å². The average molecular weight is 305 g/mol. The van der Waals surface area contributed by atoms with Crippen molar-refractivity contribution in [3.05, 3.63) is 57.8 Å². The van der Waals surface area contributed by atoms with E-state index >= 15 is 0 Å². The quantitative estimate of drug-likeness (QED) is 0.919. The van der Waals surface area contributed by atoms with Gasteiger partial charge in [-0.05, 0) is 59.1 Å². The molecule has 0 aliphatic carbocycles. The molecule has 4 heteroatoms. The maximum Gasteiger partial charge on any atom is 0.274 e. The topological polar surface area (TPSA) is 42.0 Å². The van der Waals surface area contributed by atoms with E-state index in [1.165, 1.54) is 0 Å². The fourth-order valence-corrected chi connectivity index (χ4v) is 1.99. The van der Waals surface area contributed by atoms with Gasteiger partial charge in [-0.3, -0.25) is 9.78 Å². The van der Waals surface area contributed by atoms with Crippen molar-refractivity contribution in [3.8, 4) is 0 Å². The number of aryl methyl sites for hydroxylation is 2. The SMILES string of the molecule is Cc1ccc(Br)c(NC(=O)c2ncccc2C)c1. The van der Waals surface area contributed by atoms with Crippen LogP contribution < -0.4 is 5.32 Å². The molecule has 0 spiro atoms. The van der Waals surface area contributed by atoms with Crippen LogP contribution in [0.25, 0.3) is 0 Å². The van der Waals surface area contributed by atoms with Gasteiger partial charge < -0.3 is 5.32 Å². The molecule has 2 aromatic rings. The molecular formula is C14H13BrN2O. The Hall–Kier alpha value is -1.68. The number of halogens is 1. The molecule has 92 valence electrons. The first kappa shape index (κ1) is 12.8. The third kappa shape index (κ3) is 2.76. The molecule has 0 unspecified atom stereocenters. The Morgan fingerprint density at radius 1 is 1.28 bits per heavy atom. The van der Waals surface area contributed by atoms with Crippen molar-refractivity contribution in [3.63, 3.8) is 0 Å². The Labute approximate surface area is 114 Å². The van der Waals surface area contributed by atoms with Gasteiger partial charge in [-0.15, -0.1) is 0 Å². The summed E-state index contributed by atoms with van der Waals surface area (Å²) in [6.45, 7) is 3.85. The minimum Gasteiger partial charge on any atom is -0.320 e. The number of benzene rings is 1. The number of carbonyl (C=O) groups excluding carboxylic acids is 1. The average Bonchev–Trinajstić information content (AvgIpc) is 2.34.